The van der Waals surface area contributed by atoms with Gasteiger partial charge in [-0.1, -0.05) is 0 Å². The predicted molar refractivity (Wildman–Crippen MR) is 121 cm³/mol. The van der Waals surface area contributed by atoms with Crippen molar-refractivity contribution in [3.63, 3.8) is 0 Å². The monoisotopic (exact) mass is 437 g/mol. The Kier molecular flexibility index (Phi) is 5.63. The highest BCUT2D eigenvalue weighted by atomic mass is 32.2. The van der Waals surface area contributed by atoms with Gasteiger partial charge in [-0.05, 0) is 36.4 Å². The molecule has 0 saturated carbocycles. The maximum absolute atomic E-state index is 12.8. The summed E-state index contributed by atoms with van der Waals surface area (Å²) in [6, 6.07) is 11.0. The predicted octanol–water partition coefficient (Wildman–Crippen LogP) is 3.08. The van der Waals surface area contributed by atoms with Gasteiger partial charge in [0.1, 0.15) is 5.82 Å². The van der Waals surface area contributed by atoms with Crippen molar-refractivity contribution in [2.75, 3.05) is 42.7 Å². The lowest BCUT2D eigenvalue weighted by Crippen LogP contribution is -2.35. The number of morpholine rings is 1. The SMILES string of the molecule is O=C1CCSc2ccc(C(=O)Nc3ccc4nc(CN5CCOCC5)[nH]c4c3)cc2N1. The fourth-order valence-electron chi connectivity index (χ4n) is 3.75. The van der Waals surface area contributed by atoms with Crippen LogP contribution in [-0.4, -0.2) is 58.7 Å². The normalized spacial score (nSPS) is 17.1. The molecule has 31 heavy (non-hydrogen) atoms. The number of nitrogens with zero attached hydrogens (tertiary/aromatic N) is 2. The van der Waals surface area contributed by atoms with Crippen LogP contribution in [0.3, 0.4) is 0 Å². The molecule has 9 heteroatoms. The van der Waals surface area contributed by atoms with Gasteiger partial charge in [-0.2, -0.15) is 0 Å². The average molecular weight is 438 g/mol. The van der Waals surface area contributed by atoms with E-state index < -0.39 is 0 Å². The molecule has 2 amide bonds. The van der Waals surface area contributed by atoms with Crippen LogP contribution in [0.2, 0.25) is 0 Å². The number of amides is 2. The summed E-state index contributed by atoms with van der Waals surface area (Å²) in [5.74, 6) is 1.39. The number of hydrogen-bond acceptors (Lipinski definition) is 6. The minimum absolute atomic E-state index is 0.0265. The number of anilines is 2. The quantitative estimate of drug-likeness (QED) is 0.580. The molecule has 2 aliphatic rings. The van der Waals surface area contributed by atoms with E-state index in [4.69, 9.17) is 4.74 Å². The molecule has 0 aliphatic carbocycles. The van der Waals surface area contributed by atoms with Crippen molar-refractivity contribution in [3.8, 4) is 0 Å². The zero-order chi connectivity index (χ0) is 21.2. The number of aromatic amines is 1. The van der Waals surface area contributed by atoms with Gasteiger partial charge in [-0.3, -0.25) is 14.5 Å². The third kappa shape index (κ3) is 4.58. The fraction of sp³-hybridized carbons (Fsp3) is 0.318. The van der Waals surface area contributed by atoms with Gasteiger partial charge in [0, 0.05) is 41.4 Å². The number of carbonyl (C=O) groups is 2. The largest absolute Gasteiger partial charge is 0.379 e. The van der Waals surface area contributed by atoms with Gasteiger partial charge < -0.3 is 20.4 Å². The second-order valence-corrected chi connectivity index (χ2v) is 8.75. The van der Waals surface area contributed by atoms with Gasteiger partial charge in [0.25, 0.3) is 5.91 Å². The first-order valence-electron chi connectivity index (χ1n) is 10.3. The molecule has 1 fully saturated rings. The number of carbonyl (C=O) groups excluding carboxylic acids is 2. The smallest absolute Gasteiger partial charge is 0.255 e. The van der Waals surface area contributed by atoms with E-state index in [2.05, 4.69) is 25.5 Å². The van der Waals surface area contributed by atoms with Gasteiger partial charge in [0.2, 0.25) is 5.91 Å². The summed E-state index contributed by atoms with van der Waals surface area (Å²) < 4.78 is 5.39. The van der Waals surface area contributed by atoms with Crippen LogP contribution < -0.4 is 10.6 Å². The molecule has 0 radical (unpaired) electrons. The Hall–Kier alpha value is -2.88. The summed E-state index contributed by atoms with van der Waals surface area (Å²) in [4.78, 5) is 35.9. The van der Waals surface area contributed by atoms with Crippen molar-refractivity contribution >= 4 is 46.0 Å². The van der Waals surface area contributed by atoms with Crippen LogP contribution in [0.4, 0.5) is 11.4 Å². The lowest BCUT2D eigenvalue weighted by molar-refractivity contribution is -0.115. The summed E-state index contributed by atoms with van der Waals surface area (Å²) >= 11 is 1.62. The molecule has 1 saturated heterocycles. The first-order valence-corrected chi connectivity index (χ1v) is 11.3. The van der Waals surface area contributed by atoms with Gasteiger partial charge in [-0.15, -0.1) is 11.8 Å². The number of H-pyrrole nitrogens is 1. The topological polar surface area (TPSA) is 99.3 Å². The zero-order valence-electron chi connectivity index (χ0n) is 16.9. The highest BCUT2D eigenvalue weighted by Gasteiger charge is 2.17. The minimum atomic E-state index is -0.223. The van der Waals surface area contributed by atoms with Crippen molar-refractivity contribution in [2.45, 2.75) is 17.9 Å². The van der Waals surface area contributed by atoms with Gasteiger partial charge >= 0.3 is 0 Å². The summed E-state index contributed by atoms with van der Waals surface area (Å²) in [5.41, 5.74) is 3.63. The number of aromatic nitrogens is 2. The Balaban J connectivity index is 1.30. The molecule has 2 aromatic carbocycles. The third-order valence-corrected chi connectivity index (χ3v) is 6.44. The summed E-state index contributed by atoms with van der Waals surface area (Å²) in [6.07, 6.45) is 0.471. The number of rotatable bonds is 4. The van der Waals surface area contributed by atoms with Gasteiger partial charge in [0.15, 0.2) is 0 Å². The van der Waals surface area contributed by atoms with Crippen molar-refractivity contribution < 1.29 is 14.3 Å². The molecule has 5 rings (SSSR count). The molecular formula is C22H23N5O3S. The van der Waals surface area contributed by atoms with Crippen LogP contribution in [0.25, 0.3) is 11.0 Å². The number of imidazole rings is 1. The van der Waals surface area contributed by atoms with E-state index in [-0.39, 0.29) is 11.8 Å². The first-order chi connectivity index (χ1) is 15.1. The van der Waals surface area contributed by atoms with Gasteiger partial charge in [-0.25, -0.2) is 4.98 Å². The second kappa shape index (κ2) is 8.70. The van der Waals surface area contributed by atoms with E-state index in [1.54, 1.807) is 23.9 Å². The highest BCUT2D eigenvalue weighted by molar-refractivity contribution is 7.99. The van der Waals surface area contributed by atoms with E-state index in [9.17, 15) is 9.59 Å². The van der Waals surface area contributed by atoms with Crippen molar-refractivity contribution in [1.29, 1.82) is 0 Å². The maximum atomic E-state index is 12.8. The van der Waals surface area contributed by atoms with Crippen molar-refractivity contribution in [3.05, 3.63) is 47.8 Å². The molecule has 0 unspecified atom stereocenters. The van der Waals surface area contributed by atoms with Crippen LogP contribution in [0.5, 0.6) is 0 Å². The lowest BCUT2D eigenvalue weighted by Gasteiger charge is -2.25. The molecule has 160 valence electrons. The highest BCUT2D eigenvalue weighted by Crippen LogP contribution is 2.31. The fourth-order valence-corrected chi connectivity index (χ4v) is 4.69. The Bertz CT molecular complexity index is 1140. The number of benzene rings is 2. The van der Waals surface area contributed by atoms with Crippen LogP contribution in [0, 0.1) is 0 Å². The first kappa shape index (κ1) is 20.0. The van der Waals surface area contributed by atoms with Gasteiger partial charge in [0.05, 0.1) is 36.5 Å². The molecular weight excluding hydrogens is 414 g/mol. The molecule has 3 aromatic rings. The van der Waals surface area contributed by atoms with Crippen molar-refractivity contribution in [1.82, 2.24) is 14.9 Å². The molecule has 3 heterocycles. The lowest BCUT2D eigenvalue weighted by atomic mass is 10.1. The van der Waals surface area contributed by atoms with E-state index in [1.165, 1.54) is 0 Å². The number of nitrogens with one attached hydrogen (secondary N) is 3. The number of fused-ring (bicyclic) bond motifs is 2. The Morgan fingerprint density at radius 1 is 1.19 bits per heavy atom. The minimum Gasteiger partial charge on any atom is -0.379 e. The molecule has 3 N–H and O–H groups in total. The summed E-state index contributed by atoms with van der Waals surface area (Å²) in [5, 5.41) is 5.82. The van der Waals surface area contributed by atoms with Crippen LogP contribution >= 0.6 is 11.8 Å². The van der Waals surface area contributed by atoms with E-state index >= 15 is 0 Å². The van der Waals surface area contributed by atoms with Crippen LogP contribution in [-0.2, 0) is 16.1 Å². The summed E-state index contributed by atoms with van der Waals surface area (Å²) in [7, 11) is 0. The molecule has 8 nitrogen and oxygen atoms in total. The Morgan fingerprint density at radius 3 is 2.94 bits per heavy atom. The molecule has 1 aromatic heterocycles. The summed E-state index contributed by atoms with van der Waals surface area (Å²) in [6.45, 7) is 4.05. The van der Waals surface area contributed by atoms with Crippen molar-refractivity contribution in [2.24, 2.45) is 0 Å². The van der Waals surface area contributed by atoms with Crippen LogP contribution in [0.15, 0.2) is 41.3 Å². The molecule has 0 spiro atoms. The van der Waals surface area contributed by atoms with Crippen LogP contribution in [0.1, 0.15) is 22.6 Å². The number of thioether (sulfide) groups is 1. The number of ether oxygens (including phenoxy) is 1. The third-order valence-electron chi connectivity index (χ3n) is 5.37. The average Bonchev–Trinajstić information content (AvgIpc) is 3.06. The zero-order valence-corrected chi connectivity index (χ0v) is 17.8. The Morgan fingerprint density at radius 2 is 2.06 bits per heavy atom. The van der Waals surface area contributed by atoms with E-state index in [1.807, 2.05) is 24.3 Å². The molecule has 0 bridgehead atoms. The molecule has 2 aliphatic heterocycles. The second-order valence-electron chi connectivity index (χ2n) is 7.62. The van der Waals surface area contributed by atoms with E-state index in [0.29, 0.717) is 23.4 Å². The standard InChI is InChI=1S/C22H23N5O3S/c28-21-5-10-31-19-4-1-14(11-18(19)26-21)22(29)23-15-2-3-16-17(12-15)25-20(24-16)13-27-6-8-30-9-7-27/h1-4,11-12H,5-10,13H2,(H,23,29)(H,24,25)(H,26,28). The van der Waals surface area contributed by atoms with E-state index in [0.717, 1.165) is 60.4 Å². The Labute approximate surface area is 183 Å². The number of hydrogen-bond donors (Lipinski definition) is 3. The maximum Gasteiger partial charge on any atom is 0.255 e. The molecule has 0 atom stereocenters.